The summed E-state index contributed by atoms with van der Waals surface area (Å²) in [5, 5.41) is 0. The number of likely N-dealkylation sites (N-methyl/N-ethyl adjacent to an activating group) is 1. The summed E-state index contributed by atoms with van der Waals surface area (Å²) >= 11 is 0. The van der Waals surface area contributed by atoms with Crippen LogP contribution in [0.1, 0.15) is 40.0 Å². The van der Waals surface area contributed by atoms with Crippen LogP contribution in [-0.2, 0) is 9.59 Å². The molecule has 0 aromatic carbocycles. The lowest BCUT2D eigenvalue weighted by Crippen LogP contribution is -2.53. The lowest BCUT2D eigenvalue weighted by molar-refractivity contribution is -0.151. The Morgan fingerprint density at radius 2 is 1.78 bits per heavy atom. The maximum atomic E-state index is 13.2. The lowest BCUT2D eigenvalue weighted by atomic mass is 9.79. The Labute approximate surface area is 140 Å². The second kappa shape index (κ2) is 7.18. The third-order valence-electron chi connectivity index (χ3n) is 5.56. The van der Waals surface area contributed by atoms with Crippen LogP contribution in [0.15, 0.2) is 0 Å². The summed E-state index contributed by atoms with van der Waals surface area (Å²) in [6, 6.07) is -0.479. The first-order valence-electron chi connectivity index (χ1n) is 8.86. The first-order valence-corrected chi connectivity index (χ1v) is 8.86. The van der Waals surface area contributed by atoms with Gasteiger partial charge in [-0.05, 0) is 53.2 Å². The number of piperidine rings is 1. The fraction of sp³-hybridized carbons (Fsp3) is 0.882. The van der Waals surface area contributed by atoms with E-state index in [1.165, 1.54) is 0 Å². The van der Waals surface area contributed by atoms with Crippen molar-refractivity contribution in [2.75, 3.05) is 39.8 Å². The highest BCUT2D eigenvalue weighted by Gasteiger charge is 2.46. The number of hydrogen-bond acceptors (Lipinski definition) is 4. The summed E-state index contributed by atoms with van der Waals surface area (Å²) in [7, 11) is 2.09. The number of amides is 2. The Kier molecular flexibility index (Phi) is 5.68. The van der Waals surface area contributed by atoms with E-state index in [2.05, 4.69) is 11.9 Å². The zero-order valence-corrected chi connectivity index (χ0v) is 15.0. The van der Waals surface area contributed by atoms with Crippen LogP contribution in [0.25, 0.3) is 0 Å². The highest BCUT2D eigenvalue weighted by molar-refractivity contribution is 5.91. The van der Waals surface area contributed by atoms with Crippen molar-refractivity contribution in [2.24, 2.45) is 11.1 Å². The number of nitrogens with zero attached hydrogens (tertiary/aromatic N) is 3. The minimum absolute atomic E-state index is 0.0489. The molecule has 2 fully saturated rings. The van der Waals surface area contributed by atoms with E-state index in [4.69, 9.17) is 5.73 Å². The maximum Gasteiger partial charge on any atom is 0.245 e. The Hall–Kier alpha value is -1.14. The quantitative estimate of drug-likeness (QED) is 0.818. The van der Waals surface area contributed by atoms with Crippen molar-refractivity contribution in [3.63, 3.8) is 0 Å². The number of rotatable bonds is 4. The van der Waals surface area contributed by atoms with Crippen LogP contribution in [0.5, 0.6) is 0 Å². The smallest absolute Gasteiger partial charge is 0.245 e. The molecule has 132 valence electrons. The van der Waals surface area contributed by atoms with Crippen LogP contribution in [0.4, 0.5) is 0 Å². The molecule has 0 aliphatic carbocycles. The van der Waals surface area contributed by atoms with Gasteiger partial charge in [0.15, 0.2) is 0 Å². The number of carbonyl (C=O) groups is 2. The molecule has 0 spiro atoms. The van der Waals surface area contributed by atoms with E-state index in [-0.39, 0.29) is 29.3 Å². The molecule has 0 saturated carbocycles. The fourth-order valence-corrected chi connectivity index (χ4v) is 3.75. The van der Waals surface area contributed by atoms with Gasteiger partial charge in [0.2, 0.25) is 11.8 Å². The first-order chi connectivity index (χ1) is 10.8. The summed E-state index contributed by atoms with van der Waals surface area (Å²) in [4.78, 5) is 31.8. The molecule has 0 aromatic rings. The second-order valence-electron chi connectivity index (χ2n) is 7.34. The van der Waals surface area contributed by atoms with Crippen molar-refractivity contribution < 1.29 is 9.59 Å². The lowest BCUT2D eigenvalue weighted by Gasteiger charge is -2.40. The summed E-state index contributed by atoms with van der Waals surface area (Å²) in [6.45, 7) is 9.69. The molecule has 0 radical (unpaired) electrons. The highest BCUT2D eigenvalue weighted by atomic mass is 16.2. The van der Waals surface area contributed by atoms with Crippen LogP contribution in [0, 0.1) is 5.41 Å². The Bertz CT molecular complexity index is 442. The third-order valence-corrected chi connectivity index (χ3v) is 5.56. The molecule has 23 heavy (non-hydrogen) atoms. The standard InChI is InChI=1S/C17H32N4O2/c1-5-20(6-2)15(22)14-11-13(18)12-21(14)16(23)17(3)7-9-19(4)10-8-17/h13-14H,5-12,18H2,1-4H3/t13-,14+/m1/s1. The summed E-state index contributed by atoms with van der Waals surface area (Å²) in [6.07, 6.45) is 2.28. The average molecular weight is 324 g/mol. The number of likely N-dealkylation sites (tertiary alicyclic amines) is 2. The Morgan fingerprint density at radius 3 is 2.30 bits per heavy atom. The molecule has 2 saturated heterocycles. The van der Waals surface area contributed by atoms with Crippen molar-refractivity contribution >= 4 is 11.8 Å². The zero-order chi connectivity index (χ0) is 17.2. The van der Waals surface area contributed by atoms with E-state index in [0.717, 1.165) is 25.9 Å². The Morgan fingerprint density at radius 1 is 1.22 bits per heavy atom. The van der Waals surface area contributed by atoms with Crippen molar-refractivity contribution in [1.82, 2.24) is 14.7 Å². The zero-order valence-electron chi connectivity index (χ0n) is 15.0. The van der Waals surface area contributed by atoms with Gasteiger partial charge < -0.3 is 20.4 Å². The molecule has 2 amide bonds. The number of nitrogens with two attached hydrogens (primary N) is 1. The molecular formula is C17H32N4O2. The summed E-state index contributed by atoms with van der Waals surface area (Å²) in [5.41, 5.74) is 5.73. The van der Waals surface area contributed by atoms with Crippen LogP contribution in [-0.4, -0.2) is 78.4 Å². The molecule has 2 aliphatic rings. The molecule has 2 rings (SSSR count). The van der Waals surface area contributed by atoms with Gasteiger partial charge in [-0.2, -0.15) is 0 Å². The normalized spacial score (nSPS) is 28.0. The first kappa shape index (κ1) is 18.2. The molecule has 2 heterocycles. The van der Waals surface area contributed by atoms with E-state index in [9.17, 15) is 9.59 Å². The van der Waals surface area contributed by atoms with Crippen molar-refractivity contribution in [3.8, 4) is 0 Å². The van der Waals surface area contributed by atoms with Crippen LogP contribution >= 0.6 is 0 Å². The van der Waals surface area contributed by atoms with Crippen LogP contribution in [0.3, 0.4) is 0 Å². The van der Waals surface area contributed by atoms with Crippen molar-refractivity contribution in [1.29, 1.82) is 0 Å². The molecular weight excluding hydrogens is 292 g/mol. The van der Waals surface area contributed by atoms with Crippen molar-refractivity contribution in [2.45, 2.75) is 52.1 Å². The van der Waals surface area contributed by atoms with Gasteiger partial charge in [-0.15, -0.1) is 0 Å². The topological polar surface area (TPSA) is 69.9 Å². The van der Waals surface area contributed by atoms with E-state index >= 15 is 0 Å². The van der Waals surface area contributed by atoms with Gasteiger partial charge >= 0.3 is 0 Å². The molecule has 2 aliphatic heterocycles. The molecule has 2 N–H and O–H groups in total. The van der Waals surface area contributed by atoms with Gasteiger partial charge in [-0.25, -0.2) is 0 Å². The van der Waals surface area contributed by atoms with Gasteiger partial charge in [-0.1, -0.05) is 6.92 Å². The van der Waals surface area contributed by atoms with E-state index < -0.39 is 0 Å². The monoisotopic (exact) mass is 324 g/mol. The molecule has 2 atom stereocenters. The predicted octanol–water partition coefficient (Wildman–Crippen LogP) is 0.515. The summed E-state index contributed by atoms with van der Waals surface area (Å²) < 4.78 is 0. The third kappa shape index (κ3) is 3.69. The minimum Gasteiger partial charge on any atom is -0.341 e. The van der Waals surface area contributed by atoms with Gasteiger partial charge in [0.05, 0.1) is 0 Å². The molecule has 0 unspecified atom stereocenters. The summed E-state index contributed by atoms with van der Waals surface area (Å²) in [5.74, 6) is 0.164. The highest BCUT2D eigenvalue weighted by Crippen LogP contribution is 2.35. The van der Waals surface area contributed by atoms with E-state index in [1.54, 1.807) is 9.80 Å². The SMILES string of the molecule is CCN(CC)C(=O)[C@@H]1C[C@@H](N)CN1C(=O)C1(C)CCN(C)CC1. The van der Waals surface area contributed by atoms with Gasteiger partial charge in [0.1, 0.15) is 6.04 Å². The largest absolute Gasteiger partial charge is 0.341 e. The molecule has 0 aromatic heterocycles. The van der Waals surface area contributed by atoms with E-state index in [1.807, 2.05) is 20.8 Å². The predicted molar refractivity (Wildman–Crippen MR) is 90.9 cm³/mol. The van der Waals surface area contributed by atoms with Crippen LogP contribution in [0.2, 0.25) is 0 Å². The van der Waals surface area contributed by atoms with Gasteiger partial charge in [0, 0.05) is 31.1 Å². The van der Waals surface area contributed by atoms with Crippen molar-refractivity contribution in [3.05, 3.63) is 0 Å². The maximum absolute atomic E-state index is 13.2. The van der Waals surface area contributed by atoms with E-state index in [0.29, 0.717) is 26.1 Å². The Balaban J connectivity index is 2.15. The van der Waals surface area contributed by atoms with Crippen LogP contribution < -0.4 is 5.73 Å². The number of carbonyl (C=O) groups excluding carboxylic acids is 2. The van der Waals surface area contributed by atoms with Gasteiger partial charge in [0.25, 0.3) is 0 Å². The molecule has 6 nitrogen and oxygen atoms in total. The van der Waals surface area contributed by atoms with Gasteiger partial charge in [-0.3, -0.25) is 9.59 Å². The number of hydrogen-bond donors (Lipinski definition) is 1. The average Bonchev–Trinajstić information content (AvgIpc) is 2.92. The molecule has 0 bridgehead atoms. The second-order valence-corrected chi connectivity index (χ2v) is 7.34. The molecule has 6 heteroatoms. The fourth-order valence-electron chi connectivity index (χ4n) is 3.75. The minimum atomic E-state index is -0.381.